The summed E-state index contributed by atoms with van der Waals surface area (Å²) in [5.74, 6) is 2.25. The van der Waals surface area contributed by atoms with Crippen LogP contribution in [0.5, 0.6) is 0 Å². The smallest absolute Gasteiger partial charge is 0.199 e. The first-order valence-corrected chi connectivity index (χ1v) is 11.6. The fourth-order valence-corrected chi connectivity index (χ4v) is 5.14. The van der Waals surface area contributed by atoms with Crippen LogP contribution in [0.4, 0.5) is 5.82 Å². The van der Waals surface area contributed by atoms with Crippen LogP contribution in [0.25, 0.3) is 43.4 Å². The Balaban J connectivity index is 1.84. The zero-order valence-electron chi connectivity index (χ0n) is 18.9. The quantitative estimate of drug-likeness (QED) is 0.324. The molecule has 2 aromatic carbocycles. The van der Waals surface area contributed by atoms with E-state index in [4.69, 9.17) is 14.7 Å². The highest BCUT2D eigenvalue weighted by Crippen LogP contribution is 2.47. The van der Waals surface area contributed by atoms with Crippen molar-refractivity contribution in [1.82, 2.24) is 19.5 Å². The number of methoxy groups -OCH3 is 1. The maximum Gasteiger partial charge on any atom is 0.199 e. The molecule has 0 aliphatic carbocycles. The molecule has 3 heterocycles. The predicted molar refractivity (Wildman–Crippen MR) is 136 cm³/mol. The first-order valence-electron chi connectivity index (χ1n) is 10.8. The molecule has 0 bridgehead atoms. The maximum atomic E-state index is 5.36. The van der Waals surface area contributed by atoms with Gasteiger partial charge >= 0.3 is 0 Å². The molecular weight excluding hydrogens is 430 g/mol. The summed E-state index contributed by atoms with van der Waals surface area (Å²) in [6.07, 6.45) is 3.69. The van der Waals surface area contributed by atoms with Crippen molar-refractivity contribution in [2.75, 3.05) is 32.2 Å². The minimum absolute atomic E-state index is 0.607. The molecule has 3 aromatic heterocycles. The number of hydrogen-bond acceptors (Lipinski definition) is 6. The van der Waals surface area contributed by atoms with Crippen LogP contribution in [-0.4, -0.2) is 46.8 Å². The maximum absolute atomic E-state index is 5.36. The molecule has 0 atom stereocenters. The predicted octanol–water partition coefficient (Wildman–Crippen LogP) is 5.51. The summed E-state index contributed by atoms with van der Waals surface area (Å²) >= 11 is 1.70. The lowest BCUT2D eigenvalue weighted by Gasteiger charge is -2.20. The summed E-state index contributed by atoms with van der Waals surface area (Å²) in [4.78, 5) is 18.8. The number of imidazole rings is 1. The number of aromatic nitrogens is 4. The van der Waals surface area contributed by atoms with Gasteiger partial charge in [0.2, 0.25) is 0 Å². The number of benzene rings is 2. The number of rotatable bonds is 7. The molecule has 0 amide bonds. The number of hydrogen-bond donors (Lipinski definition) is 0. The van der Waals surface area contributed by atoms with Crippen LogP contribution in [0.1, 0.15) is 0 Å². The Hall–Kier alpha value is -3.55. The van der Waals surface area contributed by atoms with Crippen molar-refractivity contribution in [1.29, 1.82) is 0 Å². The number of aryl methyl sites for hydroxylation is 1. The molecule has 166 valence electrons. The van der Waals surface area contributed by atoms with Crippen LogP contribution in [0.2, 0.25) is 0 Å². The van der Waals surface area contributed by atoms with E-state index in [-0.39, 0.29) is 0 Å². The highest BCUT2D eigenvalue weighted by atomic mass is 32.1. The molecule has 0 aliphatic heterocycles. The van der Waals surface area contributed by atoms with E-state index in [2.05, 4.69) is 65.5 Å². The van der Waals surface area contributed by atoms with Gasteiger partial charge < -0.3 is 14.2 Å². The molecule has 0 saturated carbocycles. The number of likely N-dealkylation sites (N-methyl/N-ethyl adjacent to an activating group) is 1. The lowest BCUT2D eigenvalue weighted by molar-refractivity contribution is 0.206. The molecule has 7 heteroatoms. The molecule has 0 saturated heterocycles. The van der Waals surface area contributed by atoms with E-state index in [1.54, 1.807) is 24.6 Å². The van der Waals surface area contributed by atoms with Crippen LogP contribution in [0.15, 0.2) is 73.1 Å². The fourth-order valence-electron chi connectivity index (χ4n) is 3.95. The van der Waals surface area contributed by atoms with Gasteiger partial charge in [-0.15, -0.1) is 11.3 Å². The fraction of sp³-hybridized carbons (Fsp3) is 0.192. The summed E-state index contributed by atoms with van der Waals surface area (Å²) in [7, 11) is 5.73. The Labute approximate surface area is 197 Å². The van der Waals surface area contributed by atoms with Gasteiger partial charge in [0.25, 0.3) is 0 Å². The normalized spacial score (nSPS) is 11.2. The summed E-state index contributed by atoms with van der Waals surface area (Å²) in [5.41, 5.74) is 3.48. The Bertz CT molecular complexity index is 1380. The molecular formula is C26H25N5OS. The van der Waals surface area contributed by atoms with Gasteiger partial charge in [0.05, 0.1) is 12.0 Å². The van der Waals surface area contributed by atoms with E-state index in [1.807, 2.05) is 29.9 Å². The first-order chi connectivity index (χ1) is 16.2. The molecule has 5 rings (SSSR count). The van der Waals surface area contributed by atoms with Crippen molar-refractivity contribution < 1.29 is 4.74 Å². The molecule has 0 unspecified atom stereocenters. The Kier molecular flexibility index (Phi) is 5.90. The van der Waals surface area contributed by atoms with Gasteiger partial charge in [-0.3, -0.25) is 0 Å². The third kappa shape index (κ3) is 4.01. The molecule has 0 radical (unpaired) electrons. The second-order valence-corrected chi connectivity index (χ2v) is 8.86. The van der Waals surface area contributed by atoms with E-state index in [1.165, 1.54) is 10.4 Å². The third-order valence-electron chi connectivity index (χ3n) is 5.64. The van der Waals surface area contributed by atoms with Gasteiger partial charge in [-0.25, -0.2) is 15.0 Å². The van der Waals surface area contributed by atoms with E-state index in [0.717, 1.165) is 33.0 Å². The number of ether oxygens (including phenoxy) is 1. The molecule has 6 nitrogen and oxygen atoms in total. The van der Waals surface area contributed by atoms with E-state index >= 15 is 0 Å². The van der Waals surface area contributed by atoms with Gasteiger partial charge in [-0.2, -0.15) is 0 Å². The molecule has 33 heavy (non-hydrogen) atoms. The van der Waals surface area contributed by atoms with E-state index < -0.39 is 0 Å². The monoisotopic (exact) mass is 455 g/mol. The number of fused-ring (bicyclic) bond motifs is 1. The van der Waals surface area contributed by atoms with Gasteiger partial charge in [-0.1, -0.05) is 60.7 Å². The summed E-state index contributed by atoms with van der Waals surface area (Å²) < 4.78 is 7.31. The second kappa shape index (κ2) is 9.13. The molecule has 0 fully saturated rings. The topological polar surface area (TPSA) is 56.1 Å². The van der Waals surface area contributed by atoms with Crippen LogP contribution < -0.4 is 4.90 Å². The molecule has 0 N–H and O–H groups in total. The number of anilines is 1. The van der Waals surface area contributed by atoms with Crippen LogP contribution >= 0.6 is 11.3 Å². The SMILES string of the molecule is COCCN(C)c1nc(-c2nccn2C)nc2sc(-c3ccccc3)c(-c3ccccc3)c12. The van der Waals surface area contributed by atoms with Crippen molar-refractivity contribution in [3.63, 3.8) is 0 Å². The van der Waals surface area contributed by atoms with Crippen LogP contribution in [0.3, 0.4) is 0 Å². The van der Waals surface area contributed by atoms with Crippen molar-refractivity contribution >= 4 is 27.4 Å². The first kappa shape index (κ1) is 21.3. The third-order valence-corrected chi connectivity index (χ3v) is 6.78. The lowest BCUT2D eigenvalue weighted by atomic mass is 9.99. The van der Waals surface area contributed by atoms with Crippen molar-refractivity contribution in [3.05, 3.63) is 73.1 Å². The average Bonchev–Trinajstić information content (AvgIpc) is 3.46. The summed E-state index contributed by atoms with van der Waals surface area (Å²) in [6.45, 7) is 1.32. The van der Waals surface area contributed by atoms with E-state index in [0.29, 0.717) is 19.0 Å². The zero-order chi connectivity index (χ0) is 22.8. The van der Waals surface area contributed by atoms with Crippen molar-refractivity contribution in [3.8, 4) is 33.2 Å². The van der Waals surface area contributed by atoms with Crippen LogP contribution in [-0.2, 0) is 11.8 Å². The summed E-state index contributed by atoms with van der Waals surface area (Å²) in [5, 5.41) is 1.06. The molecule has 0 aliphatic rings. The standard InChI is InChI=1S/C26H25N5OS/c1-30-15-14-27-25(30)23-28-24(31(2)16-17-32-3)21-20(18-10-6-4-7-11-18)22(33-26(21)29-23)19-12-8-5-9-13-19/h4-15H,16-17H2,1-3H3. The minimum atomic E-state index is 0.607. The molecule has 0 spiro atoms. The summed E-state index contributed by atoms with van der Waals surface area (Å²) in [6, 6.07) is 21.0. The zero-order valence-corrected chi connectivity index (χ0v) is 19.7. The van der Waals surface area contributed by atoms with Gasteiger partial charge in [-0.05, 0) is 11.1 Å². The van der Waals surface area contributed by atoms with Gasteiger partial charge in [0.1, 0.15) is 10.6 Å². The Morgan fingerprint density at radius 3 is 2.30 bits per heavy atom. The van der Waals surface area contributed by atoms with Gasteiger partial charge in [0.15, 0.2) is 11.6 Å². The Morgan fingerprint density at radius 1 is 0.970 bits per heavy atom. The minimum Gasteiger partial charge on any atom is -0.383 e. The highest BCUT2D eigenvalue weighted by molar-refractivity contribution is 7.22. The molecule has 5 aromatic rings. The second-order valence-electron chi connectivity index (χ2n) is 7.87. The largest absolute Gasteiger partial charge is 0.383 e. The van der Waals surface area contributed by atoms with Crippen molar-refractivity contribution in [2.24, 2.45) is 7.05 Å². The number of thiophene rings is 1. The van der Waals surface area contributed by atoms with E-state index in [9.17, 15) is 0 Å². The van der Waals surface area contributed by atoms with Crippen LogP contribution in [0, 0.1) is 0 Å². The lowest BCUT2D eigenvalue weighted by Crippen LogP contribution is -2.23. The van der Waals surface area contributed by atoms with Gasteiger partial charge in [0, 0.05) is 50.6 Å². The van der Waals surface area contributed by atoms with Crippen molar-refractivity contribution in [2.45, 2.75) is 0 Å². The average molecular weight is 456 g/mol. The Morgan fingerprint density at radius 2 is 1.67 bits per heavy atom. The highest BCUT2D eigenvalue weighted by Gasteiger charge is 2.24. The number of nitrogens with zero attached hydrogens (tertiary/aromatic N) is 5.